The fourth-order valence-corrected chi connectivity index (χ4v) is 2.48. The van der Waals surface area contributed by atoms with Gasteiger partial charge in [-0.2, -0.15) is 0 Å². The maximum absolute atomic E-state index is 8.00. The van der Waals surface area contributed by atoms with Crippen molar-refractivity contribution in [3.63, 3.8) is 0 Å². The third-order valence-corrected chi connectivity index (χ3v) is 3.46. The Hall–Kier alpha value is -1.20. The van der Waals surface area contributed by atoms with Crippen LogP contribution in [0, 0.1) is 11.3 Å². The Balaban J connectivity index is 0.000000541. The highest BCUT2D eigenvalue weighted by Gasteiger charge is 2.24. The van der Waals surface area contributed by atoms with E-state index in [1.54, 1.807) is 6.08 Å². The average Bonchev–Trinajstić information content (AvgIpc) is 2.40. The van der Waals surface area contributed by atoms with Crippen LogP contribution in [-0.4, -0.2) is 22.2 Å². The van der Waals surface area contributed by atoms with Crippen molar-refractivity contribution in [2.24, 2.45) is 5.92 Å². The minimum atomic E-state index is 0.366. The summed E-state index contributed by atoms with van der Waals surface area (Å²) in [5.41, 5.74) is 2.58. The van der Waals surface area contributed by atoms with Gasteiger partial charge in [0.25, 0.3) is 0 Å². The topological polar surface area (TPSA) is 61.7 Å². The molecule has 0 spiro atoms. The van der Waals surface area contributed by atoms with Gasteiger partial charge in [0.05, 0.1) is 11.4 Å². The molecular formula is C16H22BrClN4. The Labute approximate surface area is 145 Å². The van der Waals surface area contributed by atoms with E-state index in [2.05, 4.69) is 52.0 Å². The van der Waals surface area contributed by atoms with E-state index in [1.165, 1.54) is 0 Å². The standard InChI is InChI=1S/C12H12BrClN4.C4H10/c1-3-6-9-8(5-7(13)10(6)15)17-12(16-4-2)18-11(9)14;1-4(2)3/h3,5,15H,4H2,1-2H3,(H,16,17,18);4H,1-3H3/b6-3-,15-10?;. The smallest absolute Gasteiger partial charge is 0.224 e. The van der Waals surface area contributed by atoms with Crippen molar-refractivity contribution >= 4 is 50.8 Å². The lowest BCUT2D eigenvalue weighted by molar-refractivity contribution is 0.737. The predicted octanol–water partition coefficient (Wildman–Crippen LogP) is 5.40. The van der Waals surface area contributed by atoms with E-state index in [0.29, 0.717) is 26.9 Å². The molecule has 0 saturated carbocycles. The molecular weight excluding hydrogens is 364 g/mol. The van der Waals surface area contributed by atoms with Gasteiger partial charge in [0.2, 0.25) is 5.95 Å². The first-order chi connectivity index (χ1) is 10.3. The van der Waals surface area contributed by atoms with E-state index in [-0.39, 0.29) is 0 Å². The van der Waals surface area contributed by atoms with Crippen molar-refractivity contribution in [2.75, 3.05) is 11.9 Å². The molecule has 0 atom stereocenters. The van der Waals surface area contributed by atoms with Crippen LogP contribution in [0.15, 0.2) is 10.6 Å². The van der Waals surface area contributed by atoms with E-state index in [4.69, 9.17) is 17.0 Å². The molecule has 1 aliphatic rings. The predicted molar refractivity (Wildman–Crippen MR) is 100.0 cm³/mol. The highest BCUT2D eigenvalue weighted by molar-refractivity contribution is 9.12. The van der Waals surface area contributed by atoms with Gasteiger partial charge in [0.1, 0.15) is 5.15 Å². The summed E-state index contributed by atoms with van der Waals surface area (Å²) in [6.07, 6.45) is 3.64. The number of aromatic nitrogens is 2. The first-order valence-corrected chi connectivity index (χ1v) is 8.43. The molecule has 0 radical (unpaired) electrons. The third-order valence-electron chi connectivity index (χ3n) is 2.56. The van der Waals surface area contributed by atoms with Crippen LogP contribution in [0.4, 0.5) is 5.95 Å². The van der Waals surface area contributed by atoms with Gasteiger partial charge in [-0.1, -0.05) is 38.4 Å². The maximum Gasteiger partial charge on any atom is 0.224 e. The second kappa shape index (κ2) is 8.44. The Morgan fingerprint density at radius 1 is 1.36 bits per heavy atom. The molecule has 0 unspecified atom stereocenters. The number of halogens is 2. The van der Waals surface area contributed by atoms with Crippen molar-refractivity contribution in [2.45, 2.75) is 34.6 Å². The Morgan fingerprint density at radius 3 is 2.45 bits per heavy atom. The van der Waals surface area contributed by atoms with Crippen molar-refractivity contribution in [3.05, 3.63) is 27.0 Å². The molecule has 2 N–H and O–H groups in total. The number of hydrogen-bond donors (Lipinski definition) is 2. The number of rotatable bonds is 2. The van der Waals surface area contributed by atoms with Crippen LogP contribution in [0.5, 0.6) is 0 Å². The van der Waals surface area contributed by atoms with Crippen molar-refractivity contribution < 1.29 is 0 Å². The third kappa shape index (κ3) is 4.65. The second-order valence-electron chi connectivity index (χ2n) is 5.43. The lowest BCUT2D eigenvalue weighted by Crippen LogP contribution is -2.12. The quantitative estimate of drug-likeness (QED) is 0.670. The van der Waals surface area contributed by atoms with Gasteiger partial charge < -0.3 is 5.32 Å². The zero-order chi connectivity index (χ0) is 16.9. The highest BCUT2D eigenvalue weighted by Crippen LogP contribution is 2.36. The normalized spacial score (nSPS) is 15.2. The monoisotopic (exact) mass is 384 g/mol. The van der Waals surface area contributed by atoms with E-state index in [0.717, 1.165) is 23.7 Å². The van der Waals surface area contributed by atoms with Gasteiger partial charge in [0.15, 0.2) is 0 Å². The first-order valence-electron chi connectivity index (χ1n) is 7.26. The fraction of sp³-hybridized carbons (Fsp3) is 0.438. The number of anilines is 1. The molecule has 6 heteroatoms. The first kappa shape index (κ1) is 18.8. The number of hydrogen-bond acceptors (Lipinski definition) is 4. The largest absolute Gasteiger partial charge is 0.354 e. The number of nitrogens with one attached hydrogen (secondary N) is 2. The van der Waals surface area contributed by atoms with Gasteiger partial charge in [-0.3, -0.25) is 5.41 Å². The van der Waals surface area contributed by atoms with Gasteiger partial charge in [-0.25, -0.2) is 9.97 Å². The SMILES string of the molecule is C/C=C1\C(=N)C(Br)=Cc2nc(NCC)nc(Cl)c21.CC(C)C. The minimum absolute atomic E-state index is 0.366. The summed E-state index contributed by atoms with van der Waals surface area (Å²) in [6, 6.07) is 0. The average molecular weight is 386 g/mol. The van der Waals surface area contributed by atoms with Crippen LogP contribution >= 0.6 is 27.5 Å². The van der Waals surface area contributed by atoms with Crippen LogP contribution < -0.4 is 5.32 Å². The summed E-state index contributed by atoms with van der Waals surface area (Å²) < 4.78 is 0.695. The van der Waals surface area contributed by atoms with E-state index in [9.17, 15) is 0 Å². The van der Waals surface area contributed by atoms with Crippen LogP contribution in [0.25, 0.3) is 11.6 Å². The summed E-state index contributed by atoms with van der Waals surface area (Å²) >= 11 is 9.56. The zero-order valence-electron chi connectivity index (χ0n) is 13.6. The molecule has 1 aromatic rings. The van der Waals surface area contributed by atoms with Crippen molar-refractivity contribution in [3.8, 4) is 0 Å². The van der Waals surface area contributed by atoms with Crippen molar-refractivity contribution in [1.29, 1.82) is 5.41 Å². The molecule has 0 saturated heterocycles. The summed E-state index contributed by atoms with van der Waals surface area (Å²) in [5, 5.41) is 11.4. The van der Waals surface area contributed by atoms with Crippen LogP contribution in [0.1, 0.15) is 45.9 Å². The molecule has 2 rings (SSSR count). The molecule has 1 aliphatic carbocycles. The molecule has 1 heterocycles. The summed E-state index contributed by atoms with van der Waals surface area (Å²) in [4.78, 5) is 8.59. The minimum Gasteiger partial charge on any atom is -0.354 e. The Morgan fingerprint density at radius 2 is 1.95 bits per heavy atom. The van der Waals surface area contributed by atoms with Gasteiger partial charge in [-0.15, -0.1) is 0 Å². The van der Waals surface area contributed by atoms with Crippen LogP contribution in [-0.2, 0) is 0 Å². The maximum atomic E-state index is 8.00. The van der Waals surface area contributed by atoms with E-state index >= 15 is 0 Å². The molecule has 0 fully saturated rings. The van der Waals surface area contributed by atoms with Gasteiger partial charge in [0, 0.05) is 22.2 Å². The van der Waals surface area contributed by atoms with Crippen LogP contribution in [0.3, 0.4) is 0 Å². The van der Waals surface area contributed by atoms with E-state index < -0.39 is 0 Å². The Kier molecular flexibility index (Phi) is 7.23. The molecule has 0 aliphatic heterocycles. The Bertz CT molecular complexity index is 618. The summed E-state index contributed by atoms with van der Waals surface area (Å²) in [7, 11) is 0. The number of nitrogens with zero attached hydrogens (tertiary/aromatic N) is 2. The molecule has 120 valence electrons. The molecule has 4 nitrogen and oxygen atoms in total. The van der Waals surface area contributed by atoms with E-state index in [1.807, 2.05) is 19.9 Å². The number of allylic oxidation sites excluding steroid dienone is 3. The summed E-state index contributed by atoms with van der Waals surface area (Å²) in [5.74, 6) is 1.33. The highest BCUT2D eigenvalue weighted by atomic mass is 79.9. The van der Waals surface area contributed by atoms with Crippen LogP contribution in [0.2, 0.25) is 5.15 Å². The number of fused-ring (bicyclic) bond motifs is 1. The lowest BCUT2D eigenvalue weighted by atomic mass is 9.95. The van der Waals surface area contributed by atoms with Crippen molar-refractivity contribution in [1.82, 2.24) is 9.97 Å². The lowest BCUT2D eigenvalue weighted by Gasteiger charge is -2.18. The fourth-order valence-electron chi connectivity index (χ4n) is 1.77. The molecule has 0 amide bonds. The second-order valence-corrected chi connectivity index (χ2v) is 6.64. The molecule has 0 bridgehead atoms. The molecule has 0 aromatic carbocycles. The van der Waals surface area contributed by atoms with Gasteiger partial charge in [-0.05, 0) is 41.8 Å². The summed E-state index contributed by atoms with van der Waals surface area (Å²) in [6.45, 7) is 11.1. The molecule has 1 aromatic heterocycles. The molecule has 22 heavy (non-hydrogen) atoms. The van der Waals surface area contributed by atoms with Gasteiger partial charge >= 0.3 is 0 Å². The zero-order valence-corrected chi connectivity index (χ0v) is 15.9.